The molecule has 1 aliphatic heterocycles. The van der Waals surface area contributed by atoms with Crippen LogP contribution in [0.3, 0.4) is 0 Å². The third kappa shape index (κ3) is 3.85. The number of likely N-dealkylation sites (tertiary alicyclic amines) is 1. The van der Waals surface area contributed by atoms with Gasteiger partial charge in [-0.15, -0.1) is 0 Å². The van der Waals surface area contributed by atoms with Crippen LogP contribution in [-0.4, -0.2) is 23.9 Å². The molecule has 2 aromatic rings. The minimum Gasteiger partial charge on any atom is -0.321 e. The summed E-state index contributed by atoms with van der Waals surface area (Å²) < 4.78 is 0. The van der Waals surface area contributed by atoms with E-state index in [0.29, 0.717) is 5.56 Å². The number of nitrogens with zero attached hydrogens (tertiary/aromatic N) is 1. The molecule has 1 heterocycles. The van der Waals surface area contributed by atoms with E-state index < -0.39 is 0 Å². The molecule has 3 nitrogen and oxygen atoms in total. The van der Waals surface area contributed by atoms with Crippen LogP contribution in [0.1, 0.15) is 46.8 Å². The van der Waals surface area contributed by atoms with E-state index in [-0.39, 0.29) is 5.91 Å². The van der Waals surface area contributed by atoms with Crippen molar-refractivity contribution in [3.8, 4) is 0 Å². The van der Waals surface area contributed by atoms with E-state index in [1.165, 1.54) is 37.1 Å². The minimum absolute atomic E-state index is 0.0354. The standard InChI is InChI=1S/C21H26N2O/c1-3-18-8-6-7-16(2)20(18)22-21(24)19-11-9-17(10-12-19)15-23-13-4-5-14-23/h6-12H,3-5,13-15H2,1-2H3,(H,22,24). The number of anilines is 1. The molecule has 1 amide bonds. The van der Waals surface area contributed by atoms with Crippen molar-refractivity contribution in [1.82, 2.24) is 4.90 Å². The Bertz CT molecular complexity index is 700. The van der Waals surface area contributed by atoms with Gasteiger partial charge in [0, 0.05) is 17.8 Å². The maximum atomic E-state index is 12.6. The molecule has 0 spiro atoms. The fraction of sp³-hybridized carbons (Fsp3) is 0.381. The first-order chi connectivity index (χ1) is 11.7. The Hall–Kier alpha value is -2.13. The second kappa shape index (κ2) is 7.63. The van der Waals surface area contributed by atoms with Crippen molar-refractivity contribution in [1.29, 1.82) is 0 Å². The highest BCUT2D eigenvalue weighted by Gasteiger charge is 2.13. The van der Waals surface area contributed by atoms with Gasteiger partial charge in [0.05, 0.1) is 0 Å². The van der Waals surface area contributed by atoms with E-state index in [1.54, 1.807) is 0 Å². The molecule has 1 saturated heterocycles. The van der Waals surface area contributed by atoms with Gasteiger partial charge < -0.3 is 5.32 Å². The van der Waals surface area contributed by atoms with E-state index in [4.69, 9.17) is 0 Å². The average Bonchev–Trinajstić information content (AvgIpc) is 3.10. The molecule has 0 bridgehead atoms. The van der Waals surface area contributed by atoms with Crippen molar-refractivity contribution in [3.05, 3.63) is 64.7 Å². The Morgan fingerprint density at radius 1 is 1.08 bits per heavy atom. The number of benzene rings is 2. The SMILES string of the molecule is CCc1cccc(C)c1NC(=O)c1ccc(CN2CCCC2)cc1. The number of aryl methyl sites for hydroxylation is 2. The Morgan fingerprint density at radius 3 is 2.46 bits per heavy atom. The lowest BCUT2D eigenvalue weighted by Crippen LogP contribution is -2.18. The van der Waals surface area contributed by atoms with Crippen LogP contribution in [-0.2, 0) is 13.0 Å². The first-order valence-electron chi connectivity index (χ1n) is 8.88. The zero-order valence-electron chi connectivity index (χ0n) is 14.6. The second-order valence-electron chi connectivity index (χ2n) is 6.60. The predicted molar refractivity (Wildman–Crippen MR) is 99.5 cm³/mol. The van der Waals surface area contributed by atoms with Gasteiger partial charge in [0.2, 0.25) is 0 Å². The number of amides is 1. The van der Waals surface area contributed by atoms with Crippen LogP contribution in [0.25, 0.3) is 0 Å². The van der Waals surface area contributed by atoms with Gasteiger partial charge in [0.15, 0.2) is 0 Å². The summed E-state index contributed by atoms with van der Waals surface area (Å²) >= 11 is 0. The lowest BCUT2D eigenvalue weighted by atomic mass is 10.0. The Balaban J connectivity index is 1.69. The van der Waals surface area contributed by atoms with Crippen molar-refractivity contribution in [3.63, 3.8) is 0 Å². The summed E-state index contributed by atoms with van der Waals surface area (Å²) in [5, 5.41) is 3.09. The van der Waals surface area contributed by atoms with Gasteiger partial charge in [-0.1, -0.05) is 37.3 Å². The van der Waals surface area contributed by atoms with Gasteiger partial charge >= 0.3 is 0 Å². The molecule has 126 valence electrons. The average molecular weight is 322 g/mol. The van der Waals surface area contributed by atoms with Crippen molar-refractivity contribution >= 4 is 11.6 Å². The molecule has 3 rings (SSSR count). The molecule has 1 N–H and O–H groups in total. The molecule has 0 radical (unpaired) electrons. The summed E-state index contributed by atoms with van der Waals surface area (Å²) in [6.07, 6.45) is 3.51. The third-order valence-corrected chi connectivity index (χ3v) is 4.80. The summed E-state index contributed by atoms with van der Waals surface area (Å²) in [6.45, 7) is 7.51. The van der Waals surface area contributed by atoms with Gasteiger partial charge in [0.25, 0.3) is 5.91 Å². The highest BCUT2D eigenvalue weighted by molar-refractivity contribution is 6.05. The van der Waals surface area contributed by atoms with Gasteiger partial charge in [-0.25, -0.2) is 0 Å². The molecule has 0 atom stereocenters. The largest absolute Gasteiger partial charge is 0.321 e. The summed E-state index contributed by atoms with van der Waals surface area (Å²) in [5.41, 5.74) is 5.22. The lowest BCUT2D eigenvalue weighted by molar-refractivity contribution is 0.102. The molecule has 1 fully saturated rings. The third-order valence-electron chi connectivity index (χ3n) is 4.80. The molecule has 2 aromatic carbocycles. The monoisotopic (exact) mass is 322 g/mol. The molecule has 0 aromatic heterocycles. The molecule has 24 heavy (non-hydrogen) atoms. The molecular weight excluding hydrogens is 296 g/mol. The predicted octanol–water partition coefficient (Wildman–Crippen LogP) is 4.41. The zero-order chi connectivity index (χ0) is 16.9. The Labute approximate surface area is 144 Å². The smallest absolute Gasteiger partial charge is 0.255 e. The lowest BCUT2D eigenvalue weighted by Gasteiger charge is -2.15. The fourth-order valence-electron chi connectivity index (χ4n) is 3.35. The highest BCUT2D eigenvalue weighted by Crippen LogP contribution is 2.22. The normalized spacial score (nSPS) is 14.8. The number of hydrogen-bond donors (Lipinski definition) is 1. The van der Waals surface area contributed by atoms with Gasteiger partial charge in [0.1, 0.15) is 0 Å². The van der Waals surface area contributed by atoms with E-state index in [1.807, 2.05) is 31.2 Å². The van der Waals surface area contributed by atoms with E-state index in [0.717, 1.165) is 24.2 Å². The van der Waals surface area contributed by atoms with E-state index in [9.17, 15) is 4.79 Å². The summed E-state index contributed by atoms with van der Waals surface area (Å²) in [5.74, 6) is -0.0354. The number of nitrogens with one attached hydrogen (secondary N) is 1. The first kappa shape index (κ1) is 16.7. The number of hydrogen-bond acceptors (Lipinski definition) is 2. The van der Waals surface area contributed by atoms with Crippen LogP contribution < -0.4 is 5.32 Å². The van der Waals surface area contributed by atoms with Crippen LogP contribution in [0, 0.1) is 6.92 Å². The summed E-state index contributed by atoms with van der Waals surface area (Å²) in [6, 6.07) is 14.2. The van der Waals surface area contributed by atoms with Crippen molar-refractivity contribution < 1.29 is 4.79 Å². The van der Waals surface area contributed by atoms with E-state index in [2.05, 4.69) is 35.3 Å². The maximum Gasteiger partial charge on any atom is 0.255 e. The van der Waals surface area contributed by atoms with Crippen LogP contribution in [0.5, 0.6) is 0 Å². The molecule has 0 aliphatic carbocycles. The van der Waals surface area contributed by atoms with Crippen LogP contribution in [0.2, 0.25) is 0 Å². The Morgan fingerprint density at radius 2 is 1.79 bits per heavy atom. The quantitative estimate of drug-likeness (QED) is 0.884. The molecule has 1 aliphatic rings. The molecule has 0 unspecified atom stereocenters. The van der Waals surface area contributed by atoms with Crippen LogP contribution >= 0.6 is 0 Å². The first-order valence-corrected chi connectivity index (χ1v) is 8.88. The second-order valence-corrected chi connectivity index (χ2v) is 6.60. The van der Waals surface area contributed by atoms with Crippen LogP contribution in [0.15, 0.2) is 42.5 Å². The topological polar surface area (TPSA) is 32.3 Å². The van der Waals surface area contributed by atoms with Gasteiger partial charge in [-0.2, -0.15) is 0 Å². The molecular formula is C21H26N2O. The number of carbonyl (C=O) groups is 1. The van der Waals surface area contributed by atoms with Crippen molar-refractivity contribution in [2.75, 3.05) is 18.4 Å². The minimum atomic E-state index is -0.0354. The number of carbonyl (C=O) groups excluding carboxylic acids is 1. The van der Waals surface area contributed by atoms with Gasteiger partial charge in [-0.3, -0.25) is 9.69 Å². The molecule has 3 heteroatoms. The number of rotatable bonds is 5. The van der Waals surface area contributed by atoms with E-state index >= 15 is 0 Å². The maximum absolute atomic E-state index is 12.6. The summed E-state index contributed by atoms with van der Waals surface area (Å²) in [7, 11) is 0. The molecule has 0 saturated carbocycles. The number of para-hydroxylation sites is 1. The zero-order valence-corrected chi connectivity index (χ0v) is 14.6. The fourth-order valence-corrected chi connectivity index (χ4v) is 3.35. The highest BCUT2D eigenvalue weighted by atomic mass is 16.1. The Kier molecular flexibility index (Phi) is 5.31. The van der Waals surface area contributed by atoms with Crippen LogP contribution in [0.4, 0.5) is 5.69 Å². The van der Waals surface area contributed by atoms with Gasteiger partial charge in [-0.05, 0) is 68.1 Å². The van der Waals surface area contributed by atoms with Crippen molar-refractivity contribution in [2.24, 2.45) is 0 Å². The summed E-state index contributed by atoms with van der Waals surface area (Å²) in [4.78, 5) is 15.0. The van der Waals surface area contributed by atoms with Crippen molar-refractivity contribution in [2.45, 2.75) is 39.7 Å².